The summed E-state index contributed by atoms with van der Waals surface area (Å²) in [5, 5.41) is 5.52. The molecule has 0 spiro atoms. The van der Waals surface area contributed by atoms with Crippen LogP contribution in [0.2, 0.25) is 0 Å². The average Bonchev–Trinajstić information content (AvgIpc) is 2.64. The summed E-state index contributed by atoms with van der Waals surface area (Å²) in [5.41, 5.74) is 8.93. The van der Waals surface area contributed by atoms with E-state index >= 15 is 0 Å². The summed E-state index contributed by atoms with van der Waals surface area (Å²) in [6.45, 7) is 5.54. The van der Waals surface area contributed by atoms with Crippen molar-refractivity contribution in [2.24, 2.45) is 0 Å². The van der Waals surface area contributed by atoms with Crippen molar-refractivity contribution in [2.45, 2.75) is 20.8 Å². The lowest BCUT2D eigenvalue weighted by Crippen LogP contribution is -2.48. The number of hydrazine groups is 1. The van der Waals surface area contributed by atoms with Gasteiger partial charge in [-0.2, -0.15) is 0 Å². The molecule has 2 aromatic rings. The molecule has 7 nitrogen and oxygen atoms in total. The minimum absolute atomic E-state index is 0.0136. The summed E-state index contributed by atoms with van der Waals surface area (Å²) in [5.74, 6) is -1.25. The van der Waals surface area contributed by atoms with Gasteiger partial charge in [0.1, 0.15) is 0 Å². The number of carbonyl (C=O) groups is 3. The molecular formula is C20H24N4O3. The zero-order chi connectivity index (χ0) is 19.8. The Morgan fingerprint density at radius 2 is 1.48 bits per heavy atom. The molecular weight excluding hydrogens is 344 g/mol. The van der Waals surface area contributed by atoms with Crippen molar-refractivity contribution < 1.29 is 14.4 Å². The summed E-state index contributed by atoms with van der Waals surface area (Å²) < 4.78 is 0. The highest BCUT2D eigenvalue weighted by molar-refractivity contribution is 5.97. The molecule has 3 amide bonds. The molecule has 0 atom stereocenters. The van der Waals surface area contributed by atoms with Gasteiger partial charge in [-0.3, -0.25) is 25.2 Å². The SMILES string of the molecule is Cc1ccc(NCC(=O)NNC(=O)CNC(=O)c2ccccc2C)c(C)c1. The lowest BCUT2D eigenvalue weighted by Gasteiger charge is -2.12. The van der Waals surface area contributed by atoms with Crippen LogP contribution in [0.3, 0.4) is 0 Å². The number of rotatable bonds is 6. The molecule has 142 valence electrons. The molecule has 27 heavy (non-hydrogen) atoms. The van der Waals surface area contributed by atoms with Crippen LogP contribution in [0, 0.1) is 20.8 Å². The van der Waals surface area contributed by atoms with Crippen LogP contribution in [-0.2, 0) is 9.59 Å². The zero-order valence-corrected chi connectivity index (χ0v) is 15.7. The minimum atomic E-state index is -0.517. The fraction of sp³-hybridized carbons (Fsp3) is 0.250. The van der Waals surface area contributed by atoms with Crippen LogP contribution >= 0.6 is 0 Å². The molecule has 0 bridgehead atoms. The van der Waals surface area contributed by atoms with Crippen LogP contribution in [0.15, 0.2) is 42.5 Å². The van der Waals surface area contributed by atoms with Crippen LogP contribution in [0.5, 0.6) is 0 Å². The van der Waals surface area contributed by atoms with E-state index < -0.39 is 11.8 Å². The van der Waals surface area contributed by atoms with Gasteiger partial charge in [-0.15, -0.1) is 0 Å². The third-order valence-corrected chi connectivity index (χ3v) is 3.96. The fourth-order valence-corrected chi connectivity index (χ4v) is 2.50. The number of amides is 3. The van der Waals surface area contributed by atoms with Crippen LogP contribution in [-0.4, -0.2) is 30.8 Å². The molecule has 0 heterocycles. The van der Waals surface area contributed by atoms with E-state index in [0.29, 0.717) is 5.56 Å². The number of nitrogens with one attached hydrogen (secondary N) is 4. The Kier molecular flexibility index (Phi) is 6.93. The van der Waals surface area contributed by atoms with E-state index in [9.17, 15) is 14.4 Å². The molecule has 2 aromatic carbocycles. The van der Waals surface area contributed by atoms with Gasteiger partial charge in [0.15, 0.2) is 0 Å². The highest BCUT2D eigenvalue weighted by Crippen LogP contribution is 2.15. The van der Waals surface area contributed by atoms with E-state index in [2.05, 4.69) is 21.5 Å². The Morgan fingerprint density at radius 1 is 0.815 bits per heavy atom. The van der Waals surface area contributed by atoms with Gasteiger partial charge in [-0.1, -0.05) is 35.9 Å². The number of carbonyl (C=O) groups excluding carboxylic acids is 3. The van der Waals surface area contributed by atoms with Crippen molar-refractivity contribution in [2.75, 3.05) is 18.4 Å². The molecule has 0 aliphatic rings. The van der Waals surface area contributed by atoms with Crippen molar-refractivity contribution in [3.05, 3.63) is 64.7 Å². The predicted molar refractivity (Wildman–Crippen MR) is 104 cm³/mol. The Morgan fingerprint density at radius 3 is 2.15 bits per heavy atom. The van der Waals surface area contributed by atoms with Crippen LogP contribution in [0.25, 0.3) is 0 Å². The topological polar surface area (TPSA) is 99.3 Å². The zero-order valence-electron chi connectivity index (χ0n) is 15.7. The first kappa shape index (κ1) is 20.0. The molecule has 0 unspecified atom stereocenters. The van der Waals surface area contributed by atoms with Gasteiger partial charge in [0.05, 0.1) is 13.1 Å². The second-order valence-electron chi connectivity index (χ2n) is 6.27. The standard InChI is InChI=1S/C20H24N4O3/c1-13-8-9-17(15(3)10-13)21-11-18(25)23-24-19(26)12-22-20(27)16-7-5-4-6-14(16)2/h4-10,21H,11-12H2,1-3H3,(H,22,27)(H,23,25)(H,24,26). The van der Waals surface area contributed by atoms with Gasteiger partial charge in [0.2, 0.25) is 0 Å². The normalized spacial score (nSPS) is 10.0. The monoisotopic (exact) mass is 368 g/mol. The van der Waals surface area contributed by atoms with Crippen molar-refractivity contribution in [1.29, 1.82) is 0 Å². The molecule has 0 fully saturated rings. The fourth-order valence-electron chi connectivity index (χ4n) is 2.50. The van der Waals surface area contributed by atoms with Gasteiger partial charge >= 0.3 is 0 Å². The van der Waals surface area contributed by atoms with Crippen molar-refractivity contribution in [3.8, 4) is 0 Å². The maximum absolute atomic E-state index is 12.0. The number of aryl methyl sites for hydroxylation is 3. The van der Waals surface area contributed by atoms with E-state index in [1.807, 2.05) is 51.1 Å². The molecule has 0 saturated carbocycles. The largest absolute Gasteiger partial charge is 0.376 e. The van der Waals surface area contributed by atoms with E-state index in [4.69, 9.17) is 0 Å². The number of benzene rings is 2. The van der Waals surface area contributed by atoms with Gasteiger partial charge < -0.3 is 10.6 Å². The molecule has 0 aliphatic carbocycles. The molecule has 2 rings (SSSR count). The summed E-state index contributed by atoms with van der Waals surface area (Å²) in [7, 11) is 0. The Labute approximate surface area is 158 Å². The van der Waals surface area contributed by atoms with Crippen molar-refractivity contribution in [3.63, 3.8) is 0 Å². The number of anilines is 1. The maximum atomic E-state index is 12.0. The van der Waals surface area contributed by atoms with Gasteiger partial charge in [0, 0.05) is 11.3 Å². The van der Waals surface area contributed by atoms with Crippen LogP contribution in [0.1, 0.15) is 27.0 Å². The first-order chi connectivity index (χ1) is 12.9. The molecule has 0 radical (unpaired) electrons. The van der Waals surface area contributed by atoms with Crippen LogP contribution < -0.4 is 21.5 Å². The highest BCUT2D eigenvalue weighted by Gasteiger charge is 2.10. The second-order valence-corrected chi connectivity index (χ2v) is 6.27. The van der Waals surface area contributed by atoms with Gasteiger partial charge in [-0.25, -0.2) is 0 Å². The minimum Gasteiger partial charge on any atom is -0.376 e. The summed E-state index contributed by atoms with van der Waals surface area (Å²) in [6.07, 6.45) is 0. The first-order valence-electron chi connectivity index (χ1n) is 8.59. The summed E-state index contributed by atoms with van der Waals surface area (Å²) >= 11 is 0. The number of hydrogen-bond acceptors (Lipinski definition) is 4. The Balaban J connectivity index is 1.71. The lowest BCUT2D eigenvalue weighted by molar-refractivity contribution is -0.127. The van der Waals surface area contributed by atoms with E-state index in [-0.39, 0.29) is 19.0 Å². The van der Waals surface area contributed by atoms with Gasteiger partial charge in [-0.05, 0) is 44.0 Å². The van der Waals surface area contributed by atoms with E-state index in [1.54, 1.807) is 12.1 Å². The summed E-state index contributed by atoms with van der Waals surface area (Å²) in [4.78, 5) is 35.6. The molecule has 0 aliphatic heterocycles. The third-order valence-electron chi connectivity index (χ3n) is 3.96. The molecule has 0 aromatic heterocycles. The molecule has 7 heteroatoms. The molecule has 0 saturated heterocycles. The van der Waals surface area contributed by atoms with Gasteiger partial charge in [0.25, 0.3) is 17.7 Å². The lowest BCUT2D eigenvalue weighted by atomic mass is 10.1. The quantitative estimate of drug-likeness (QED) is 0.582. The predicted octanol–water partition coefficient (Wildman–Crippen LogP) is 1.60. The molecule has 4 N–H and O–H groups in total. The first-order valence-corrected chi connectivity index (χ1v) is 8.59. The highest BCUT2D eigenvalue weighted by atomic mass is 16.2. The number of hydrogen-bond donors (Lipinski definition) is 4. The Hall–Kier alpha value is -3.35. The van der Waals surface area contributed by atoms with Crippen LogP contribution in [0.4, 0.5) is 5.69 Å². The smallest absolute Gasteiger partial charge is 0.257 e. The third kappa shape index (κ3) is 6.14. The average molecular weight is 368 g/mol. The van der Waals surface area contributed by atoms with E-state index in [1.165, 1.54) is 0 Å². The summed E-state index contributed by atoms with van der Waals surface area (Å²) in [6, 6.07) is 13.0. The second kappa shape index (κ2) is 9.38. The van der Waals surface area contributed by atoms with Crippen molar-refractivity contribution >= 4 is 23.4 Å². The van der Waals surface area contributed by atoms with Crippen molar-refractivity contribution in [1.82, 2.24) is 16.2 Å². The van der Waals surface area contributed by atoms with E-state index in [0.717, 1.165) is 22.4 Å². The maximum Gasteiger partial charge on any atom is 0.257 e. The Bertz CT molecular complexity index is 849.